The highest BCUT2D eigenvalue weighted by Crippen LogP contribution is 2.32. The lowest BCUT2D eigenvalue weighted by Crippen LogP contribution is -2.35. The molecule has 0 N–H and O–H groups in total. The molecule has 3 rings (SSSR count). The van der Waals surface area contributed by atoms with Crippen molar-refractivity contribution in [3.63, 3.8) is 0 Å². The Morgan fingerprint density at radius 3 is 2.73 bits per heavy atom. The molecule has 4 heteroatoms. The molecule has 2 aromatic carbocycles. The molecule has 110 valence electrons. The highest BCUT2D eigenvalue weighted by Gasteiger charge is 2.22. The average Bonchev–Trinajstić information content (AvgIpc) is 2.56. The third-order valence-corrected chi connectivity index (χ3v) is 3.56. The van der Waals surface area contributed by atoms with Crippen molar-refractivity contribution in [1.82, 2.24) is 0 Å². The maximum atomic E-state index is 12.2. The molecule has 0 bridgehead atoms. The first-order chi connectivity index (χ1) is 10.6. The quantitative estimate of drug-likeness (QED) is 0.645. The smallest absolute Gasteiger partial charge is 0.264 e. The molecular formula is C18H15NO3. The molecule has 0 radical (unpaired) electrons. The van der Waals surface area contributed by atoms with E-state index in [-0.39, 0.29) is 18.3 Å². The summed E-state index contributed by atoms with van der Waals surface area (Å²) >= 11 is 0. The summed E-state index contributed by atoms with van der Waals surface area (Å²) < 4.78 is 5.39. The van der Waals surface area contributed by atoms with Crippen LogP contribution in [0.15, 0.2) is 54.6 Å². The van der Waals surface area contributed by atoms with Gasteiger partial charge in [0.2, 0.25) is 0 Å². The Morgan fingerprint density at radius 1 is 1.18 bits per heavy atom. The van der Waals surface area contributed by atoms with Crippen molar-refractivity contribution < 1.29 is 14.3 Å². The van der Waals surface area contributed by atoms with Gasteiger partial charge in [-0.3, -0.25) is 9.59 Å². The van der Waals surface area contributed by atoms with Crippen LogP contribution in [0.2, 0.25) is 0 Å². The number of allylic oxidation sites excluding steroid dienone is 1. The third-order valence-electron chi connectivity index (χ3n) is 3.56. The fourth-order valence-electron chi connectivity index (χ4n) is 2.26. The molecule has 1 aliphatic heterocycles. The highest BCUT2D eigenvalue weighted by molar-refractivity contribution is 6.08. The van der Waals surface area contributed by atoms with Gasteiger partial charge in [0.05, 0.1) is 5.69 Å². The van der Waals surface area contributed by atoms with Gasteiger partial charge in [-0.2, -0.15) is 0 Å². The van der Waals surface area contributed by atoms with Gasteiger partial charge in [-0.25, -0.2) is 0 Å². The molecule has 0 aromatic heterocycles. The van der Waals surface area contributed by atoms with Crippen LogP contribution in [0.1, 0.15) is 15.9 Å². The van der Waals surface area contributed by atoms with Crippen molar-refractivity contribution in [3.8, 4) is 5.75 Å². The fraction of sp³-hybridized carbons (Fsp3) is 0.111. The first-order valence-corrected chi connectivity index (χ1v) is 6.96. The van der Waals surface area contributed by atoms with E-state index in [1.165, 1.54) is 11.0 Å². The summed E-state index contributed by atoms with van der Waals surface area (Å²) in [5.74, 6) is 0.353. The van der Waals surface area contributed by atoms with Crippen LogP contribution in [0.5, 0.6) is 5.75 Å². The zero-order chi connectivity index (χ0) is 15.5. The van der Waals surface area contributed by atoms with E-state index in [2.05, 4.69) is 0 Å². The van der Waals surface area contributed by atoms with Crippen LogP contribution in [0.3, 0.4) is 0 Å². The topological polar surface area (TPSA) is 46.6 Å². The molecule has 22 heavy (non-hydrogen) atoms. The van der Waals surface area contributed by atoms with Crippen LogP contribution in [-0.4, -0.2) is 25.3 Å². The lowest BCUT2D eigenvalue weighted by molar-refractivity contribution is -0.120. The van der Waals surface area contributed by atoms with Gasteiger partial charge < -0.3 is 9.64 Å². The molecule has 1 aliphatic rings. The van der Waals surface area contributed by atoms with E-state index in [0.717, 1.165) is 5.56 Å². The van der Waals surface area contributed by atoms with Crippen molar-refractivity contribution >= 4 is 23.5 Å². The second-order valence-electron chi connectivity index (χ2n) is 5.03. The van der Waals surface area contributed by atoms with Gasteiger partial charge in [-0.15, -0.1) is 0 Å². The first kappa shape index (κ1) is 14.1. The molecule has 0 unspecified atom stereocenters. The van der Waals surface area contributed by atoms with Crippen LogP contribution in [0.25, 0.3) is 6.08 Å². The Hall–Kier alpha value is -2.88. The number of carbonyl (C=O) groups is 2. The molecule has 0 atom stereocenters. The number of ether oxygens (including phenoxy) is 1. The van der Waals surface area contributed by atoms with Gasteiger partial charge in [0.25, 0.3) is 5.91 Å². The molecule has 1 heterocycles. The van der Waals surface area contributed by atoms with E-state index < -0.39 is 0 Å². The molecule has 0 spiro atoms. The van der Waals surface area contributed by atoms with Crippen LogP contribution in [0, 0.1) is 0 Å². The molecule has 1 amide bonds. The number of ketones is 1. The van der Waals surface area contributed by atoms with Gasteiger partial charge >= 0.3 is 0 Å². The summed E-state index contributed by atoms with van der Waals surface area (Å²) in [5, 5.41) is 0. The van der Waals surface area contributed by atoms with E-state index in [0.29, 0.717) is 17.0 Å². The van der Waals surface area contributed by atoms with Gasteiger partial charge in [-0.1, -0.05) is 36.4 Å². The van der Waals surface area contributed by atoms with Crippen molar-refractivity contribution in [2.75, 3.05) is 18.6 Å². The standard InChI is InChI=1S/C18H15NO3/c1-19-15-9-8-14(11-17(15)22-12-18(19)21)16(20)10-7-13-5-3-2-4-6-13/h2-11H,12H2,1H3/b10-7+. The molecule has 2 aromatic rings. The Morgan fingerprint density at radius 2 is 1.95 bits per heavy atom. The predicted octanol–water partition coefficient (Wildman–Crippen LogP) is 2.94. The maximum Gasteiger partial charge on any atom is 0.264 e. The number of hydrogen-bond donors (Lipinski definition) is 0. The number of carbonyl (C=O) groups excluding carboxylic acids is 2. The van der Waals surface area contributed by atoms with Gasteiger partial charge in [0, 0.05) is 12.6 Å². The Kier molecular flexibility index (Phi) is 3.74. The average molecular weight is 293 g/mol. The number of benzene rings is 2. The van der Waals surface area contributed by atoms with E-state index in [4.69, 9.17) is 4.74 Å². The maximum absolute atomic E-state index is 12.2. The first-order valence-electron chi connectivity index (χ1n) is 6.96. The SMILES string of the molecule is CN1C(=O)COc2cc(C(=O)/C=C/c3ccccc3)ccc21. The zero-order valence-electron chi connectivity index (χ0n) is 12.2. The number of likely N-dealkylation sites (N-methyl/N-ethyl adjacent to an activating group) is 1. The van der Waals surface area contributed by atoms with Crippen LogP contribution in [-0.2, 0) is 4.79 Å². The fourth-order valence-corrected chi connectivity index (χ4v) is 2.26. The molecule has 4 nitrogen and oxygen atoms in total. The number of anilines is 1. The molecule has 0 saturated carbocycles. The van der Waals surface area contributed by atoms with E-state index in [9.17, 15) is 9.59 Å². The minimum atomic E-state index is -0.102. The van der Waals surface area contributed by atoms with Crippen molar-refractivity contribution in [2.24, 2.45) is 0 Å². The Bertz CT molecular complexity index is 750. The second-order valence-corrected chi connectivity index (χ2v) is 5.03. The lowest BCUT2D eigenvalue weighted by atomic mass is 10.1. The Balaban J connectivity index is 1.82. The monoisotopic (exact) mass is 293 g/mol. The lowest BCUT2D eigenvalue weighted by Gasteiger charge is -2.26. The minimum Gasteiger partial charge on any atom is -0.482 e. The summed E-state index contributed by atoms with van der Waals surface area (Å²) in [4.78, 5) is 25.3. The molecule has 0 aliphatic carbocycles. The highest BCUT2D eigenvalue weighted by atomic mass is 16.5. The van der Waals surface area contributed by atoms with E-state index >= 15 is 0 Å². The van der Waals surface area contributed by atoms with E-state index in [1.54, 1.807) is 31.3 Å². The minimum absolute atomic E-state index is 0.000991. The zero-order valence-corrected chi connectivity index (χ0v) is 12.2. The van der Waals surface area contributed by atoms with Gasteiger partial charge in [-0.05, 0) is 29.8 Å². The molecule has 0 saturated heterocycles. The summed E-state index contributed by atoms with van der Waals surface area (Å²) in [6.45, 7) is 0.000991. The number of amides is 1. The van der Waals surface area contributed by atoms with Crippen molar-refractivity contribution in [3.05, 3.63) is 65.7 Å². The summed E-state index contributed by atoms with van der Waals surface area (Å²) in [6, 6.07) is 14.7. The van der Waals surface area contributed by atoms with Crippen LogP contribution in [0.4, 0.5) is 5.69 Å². The summed E-state index contributed by atoms with van der Waals surface area (Å²) in [7, 11) is 1.69. The number of nitrogens with zero attached hydrogens (tertiary/aromatic N) is 1. The number of hydrogen-bond acceptors (Lipinski definition) is 3. The van der Waals surface area contributed by atoms with Crippen molar-refractivity contribution in [1.29, 1.82) is 0 Å². The van der Waals surface area contributed by atoms with Gasteiger partial charge in [0.1, 0.15) is 5.75 Å². The predicted molar refractivity (Wildman–Crippen MR) is 85.2 cm³/mol. The van der Waals surface area contributed by atoms with Crippen molar-refractivity contribution in [2.45, 2.75) is 0 Å². The number of rotatable bonds is 3. The number of fused-ring (bicyclic) bond motifs is 1. The molecule has 0 fully saturated rings. The largest absolute Gasteiger partial charge is 0.482 e. The van der Waals surface area contributed by atoms with Crippen LogP contribution >= 0.6 is 0 Å². The van der Waals surface area contributed by atoms with E-state index in [1.807, 2.05) is 30.3 Å². The normalized spacial score (nSPS) is 13.9. The second kappa shape index (κ2) is 5.85. The summed E-state index contributed by atoms with van der Waals surface area (Å²) in [6.07, 6.45) is 3.31. The summed E-state index contributed by atoms with van der Waals surface area (Å²) in [5.41, 5.74) is 2.18. The van der Waals surface area contributed by atoms with Gasteiger partial charge in [0.15, 0.2) is 12.4 Å². The van der Waals surface area contributed by atoms with Crippen LogP contribution < -0.4 is 9.64 Å². The third kappa shape index (κ3) is 2.76. The Labute approximate surface area is 128 Å². The molecular weight excluding hydrogens is 278 g/mol.